The number of carbonyl (C=O) groups is 1. The summed E-state index contributed by atoms with van der Waals surface area (Å²) < 4.78 is 2.40. The van der Waals surface area contributed by atoms with E-state index in [4.69, 9.17) is 0 Å². The second-order valence-electron chi connectivity index (χ2n) is 4.80. The third kappa shape index (κ3) is 2.57. The number of nitrogens with one attached hydrogen (secondary N) is 1. The maximum absolute atomic E-state index is 12.5. The van der Waals surface area contributed by atoms with E-state index in [1.807, 2.05) is 26.0 Å². The van der Waals surface area contributed by atoms with Crippen molar-refractivity contribution in [1.29, 1.82) is 0 Å². The first-order chi connectivity index (χ1) is 10.5. The van der Waals surface area contributed by atoms with Crippen LogP contribution in [-0.4, -0.2) is 15.3 Å². The molecule has 2 aromatic heterocycles. The van der Waals surface area contributed by atoms with Gasteiger partial charge in [0.2, 0.25) is 0 Å². The molecule has 2 heterocycles. The van der Waals surface area contributed by atoms with Gasteiger partial charge in [0.05, 0.1) is 0 Å². The summed E-state index contributed by atoms with van der Waals surface area (Å²) in [5.41, 5.74) is 1.12. The molecular formula is C15H12BrN3O2S. The van der Waals surface area contributed by atoms with Crippen molar-refractivity contribution in [2.45, 2.75) is 13.8 Å². The Morgan fingerprint density at radius 3 is 2.64 bits per heavy atom. The summed E-state index contributed by atoms with van der Waals surface area (Å²) >= 11 is 4.76. The van der Waals surface area contributed by atoms with Crippen molar-refractivity contribution in [3.05, 3.63) is 61.4 Å². The normalized spacial score (nSPS) is 10.9. The van der Waals surface area contributed by atoms with E-state index in [0.29, 0.717) is 10.6 Å². The van der Waals surface area contributed by atoms with E-state index in [1.54, 1.807) is 12.1 Å². The lowest BCUT2D eigenvalue weighted by Gasteiger charge is -2.05. The predicted molar refractivity (Wildman–Crippen MR) is 90.9 cm³/mol. The number of rotatable bonds is 2. The molecule has 1 amide bonds. The number of carbonyl (C=O) groups excluding carboxylic acids is 1. The Morgan fingerprint density at radius 2 is 1.95 bits per heavy atom. The minimum absolute atomic E-state index is 0.0290. The molecule has 1 aromatic carbocycles. The molecule has 0 bridgehead atoms. The Kier molecular flexibility index (Phi) is 3.84. The maximum Gasteiger partial charge on any atom is 0.271 e. The molecular weight excluding hydrogens is 366 g/mol. The molecule has 5 nitrogen and oxygen atoms in total. The number of halogens is 1. The van der Waals surface area contributed by atoms with Crippen LogP contribution in [0, 0.1) is 13.8 Å². The van der Waals surface area contributed by atoms with Gasteiger partial charge in [0.25, 0.3) is 11.5 Å². The number of hydrogen-bond donors (Lipinski definition) is 1. The van der Waals surface area contributed by atoms with Crippen molar-refractivity contribution in [3.8, 4) is 0 Å². The minimum Gasteiger partial charge on any atom is -0.322 e. The number of fused-ring (bicyclic) bond motifs is 1. The number of thiazole rings is 1. The second kappa shape index (κ2) is 5.66. The number of nitrogens with zero attached hydrogens (tertiary/aromatic N) is 2. The van der Waals surface area contributed by atoms with Crippen LogP contribution in [0.3, 0.4) is 0 Å². The van der Waals surface area contributed by atoms with Gasteiger partial charge in [-0.1, -0.05) is 15.9 Å². The van der Waals surface area contributed by atoms with Crippen LogP contribution in [0.4, 0.5) is 5.69 Å². The first-order valence-electron chi connectivity index (χ1n) is 6.52. The van der Waals surface area contributed by atoms with Gasteiger partial charge < -0.3 is 5.32 Å². The zero-order chi connectivity index (χ0) is 15.9. The van der Waals surface area contributed by atoms with Gasteiger partial charge in [-0.15, -0.1) is 11.3 Å². The predicted octanol–water partition coefficient (Wildman–Crippen LogP) is 3.39. The molecule has 112 valence electrons. The van der Waals surface area contributed by atoms with E-state index >= 15 is 0 Å². The Morgan fingerprint density at radius 1 is 1.27 bits per heavy atom. The van der Waals surface area contributed by atoms with Gasteiger partial charge in [0.15, 0.2) is 4.96 Å². The fourth-order valence-electron chi connectivity index (χ4n) is 2.06. The third-order valence-electron chi connectivity index (χ3n) is 3.36. The highest BCUT2D eigenvalue weighted by molar-refractivity contribution is 9.10. The highest BCUT2D eigenvalue weighted by Gasteiger charge is 2.16. The van der Waals surface area contributed by atoms with Gasteiger partial charge in [-0.25, -0.2) is 4.98 Å². The minimum atomic E-state index is -0.461. The van der Waals surface area contributed by atoms with E-state index in [1.165, 1.54) is 21.9 Å². The van der Waals surface area contributed by atoms with Gasteiger partial charge in [-0.3, -0.25) is 14.0 Å². The van der Waals surface area contributed by atoms with Crippen LogP contribution in [-0.2, 0) is 0 Å². The molecule has 0 unspecified atom stereocenters. The smallest absolute Gasteiger partial charge is 0.271 e. The standard InChI is InChI=1S/C15H12BrN3O2S/c1-8-9(2)22-15-17-7-12(14(21)19(8)15)13(20)18-11-5-3-10(16)4-6-11/h3-7H,1-2H3,(H,18,20). The highest BCUT2D eigenvalue weighted by atomic mass is 79.9. The van der Waals surface area contributed by atoms with Crippen LogP contribution in [0.5, 0.6) is 0 Å². The van der Waals surface area contributed by atoms with Gasteiger partial charge in [0.1, 0.15) is 5.56 Å². The van der Waals surface area contributed by atoms with E-state index in [0.717, 1.165) is 15.0 Å². The Labute approximate surface area is 138 Å². The first-order valence-corrected chi connectivity index (χ1v) is 8.13. The fraction of sp³-hybridized carbons (Fsp3) is 0.133. The van der Waals surface area contributed by atoms with E-state index in [-0.39, 0.29) is 11.1 Å². The van der Waals surface area contributed by atoms with Crippen molar-refractivity contribution < 1.29 is 4.79 Å². The number of anilines is 1. The molecule has 22 heavy (non-hydrogen) atoms. The van der Waals surface area contributed by atoms with Gasteiger partial charge in [0, 0.05) is 26.9 Å². The summed E-state index contributed by atoms with van der Waals surface area (Å²) in [4.78, 5) is 30.6. The zero-order valence-corrected chi connectivity index (χ0v) is 14.3. The van der Waals surface area contributed by atoms with Crippen molar-refractivity contribution in [1.82, 2.24) is 9.38 Å². The molecule has 0 aliphatic heterocycles. The Balaban J connectivity index is 2.01. The third-order valence-corrected chi connectivity index (χ3v) is 4.97. The topological polar surface area (TPSA) is 63.5 Å². The van der Waals surface area contributed by atoms with Crippen LogP contribution < -0.4 is 10.9 Å². The second-order valence-corrected chi connectivity index (χ2v) is 6.90. The average Bonchev–Trinajstić information content (AvgIpc) is 2.77. The number of hydrogen-bond acceptors (Lipinski definition) is 4. The molecule has 0 atom stereocenters. The van der Waals surface area contributed by atoms with Crippen LogP contribution in [0.25, 0.3) is 4.96 Å². The molecule has 3 aromatic rings. The highest BCUT2D eigenvalue weighted by Crippen LogP contribution is 2.19. The summed E-state index contributed by atoms with van der Waals surface area (Å²) in [6.07, 6.45) is 1.33. The molecule has 0 radical (unpaired) electrons. The molecule has 3 rings (SSSR count). The lowest BCUT2D eigenvalue weighted by atomic mass is 10.2. The molecule has 0 fully saturated rings. The summed E-state index contributed by atoms with van der Waals surface area (Å²) in [6.45, 7) is 3.77. The largest absolute Gasteiger partial charge is 0.322 e. The van der Waals surface area contributed by atoms with Crippen LogP contribution in [0.2, 0.25) is 0 Å². The van der Waals surface area contributed by atoms with Crippen LogP contribution in [0.1, 0.15) is 20.9 Å². The van der Waals surface area contributed by atoms with Gasteiger partial charge in [-0.2, -0.15) is 0 Å². The molecule has 0 saturated carbocycles. The zero-order valence-electron chi connectivity index (χ0n) is 11.9. The monoisotopic (exact) mass is 377 g/mol. The number of amides is 1. The Bertz CT molecular complexity index is 928. The summed E-state index contributed by atoms with van der Waals surface area (Å²) in [6, 6.07) is 7.14. The molecule has 0 aliphatic rings. The van der Waals surface area contributed by atoms with Gasteiger partial charge in [-0.05, 0) is 38.1 Å². The number of benzene rings is 1. The number of aryl methyl sites for hydroxylation is 2. The SMILES string of the molecule is Cc1sc2ncc(C(=O)Nc3ccc(Br)cc3)c(=O)n2c1C. The lowest BCUT2D eigenvalue weighted by Crippen LogP contribution is -2.26. The van der Waals surface area contributed by atoms with E-state index < -0.39 is 5.91 Å². The first kappa shape index (κ1) is 14.9. The number of aromatic nitrogens is 2. The van der Waals surface area contributed by atoms with E-state index in [2.05, 4.69) is 26.2 Å². The van der Waals surface area contributed by atoms with Crippen LogP contribution >= 0.6 is 27.3 Å². The van der Waals surface area contributed by atoms with Crippen LogP contribution in [0.15, 0.2) is 39.7 Å². The van der Waals surface area contributed by atoms with E-state index in [9.17, 15) is 9.59 Å². The van der Waals surface area contributed by atoms with Crippen molar-refractivity contribution >= 4 is 43.8 Å². The molecule has 1 N–H and O–H groups in total. The summed E-state index contributed by atoms with van der Waals surface area (Å²) in [7, 11) is 0. The average molecular weight is 378 g/mol. The summed E-state index contributed by atoms with van der Waals surface area (Å²) in [5, 5.41) is 2.71. The van der Waals surface area contributed by atoms with Gasteiger partial charge >= 0.3 is 0 Å². The Hall–Kier alpha value is -1.99. The van der Waals surface area contributed by atoms with Crippen molar-refractivity contribution in [2.24, 2.45) is 0 Å². The maximum atomic E-state index is 12.5. The van der Waals surface area contributed by atoms with Crippen molar-refractivity contribution in [2.75, 3.05) is 5.32 Å². The molecule has 0 spiro atoms. The fourth-order valence-corrected chi connectivity index (χ4v) is 3.26. The molecule has 0 saturated heterocycles. The molecule has 7 heteroatoms. The lowest BCUT2D eigenvalue weighted by molar-refractivity contribution is 0.102. The summed E-state index contributed by atoms with van der Waals surface area (Å²) in [5.74, 6) is -0.461. The molecule has 0 aliphatic carbocycles. The quantitative estimate of drug-likeness (QED) is 0.744. The van der Waals surface area contributed by atoms with Crippen molar-refractivity contribution in [3.63, 3.8) is 0 Å².